The van der Waals surface area contributed by atoms with Crippen molar-refractivity contribution in [2.45, 2.75) is 25.1 Å². The van der Waals surface area contributed by atoms with E-state index in [0.717, 1.165) is 4.90 Å². The fourth-order valence-corrected chi connectivity index (χ4v) is 6.63. The third-order valence-electron chi connectivity index (χ3n) is 7.31. The van der Waals surface area contributed by atoms with E-state index in [9.17, 15) is 18.1 Å². The van der Waals surface area contributed by atoms with E-state index in [2.05, 4.69) is 4.98 Å². The molecule has 1 amide bonds. The number of alkyl halides is 2. The van der Waals surface area contributed by atoms with Crippen LogP contribution in [0.15, 0.2) is 48.5 Å². The summed E-state index contributed by atoms with van der Waals surface area (Å²) in [7, 11) is -1.53. The molecule has 7 nitrogen and oxygen atoms in total. The molecule has 0 N–H and O–H groups in total. The average Bonchev–Trinajstić information content (AvgIpc) is 3.39. The van der Waals surface area contributed by atoms with Crippen LogP contribution < -0.4 is 14.8 Å². The van der Waals surface area contributed by atoms with Gasteiger partial charge in [-0.15, -0.1) is 0 Å². The van der Waals surface area contributed by atoms with E-state index < -0.39 is 44.5 Å². The highest BCUT2D eigenvalue weighted by molar-refractivity contribution is 7.70. The van der Waals surface area contributed by atoms with Crippen LogP contribution in [0.2, 0.25) is 0 Å². The monoisotopic (exact) mass is 558 g/mol. The minimum Gasteiger partial charge on any atom is -0.496 e. The van der Waals surface area contributed by atoms with Gasteiger partial charge >= 0.3 is 6.61 Å². The highest BCUT2D eigenvalue weighted by Gasteiger charge is 2.45. The summed E-state index contributed by atoms with van der Waals surface area (Å²) in [4.78, 5) is 19.0. The summed E-state index contributed by atoms with van der Waals surface area (Å²) < 4.78 is 91.2. The van der Waals surface area contributed by atoms with Crippen LogP contribution in [0.5, 0.6) is 11.5 Å². The zero-order chi connectivity index (χ0) is 30.3. The first-order valence-electron chi connectivity index (χ1n) is 13.6. The third kappa shape index (κ3) is 3.92. The third-order valence-corrected chi connectivity index (χ3v) is 8.81. The van der Waals surface area contributed by atoms with E-state index in [1.165, 1.54) is 50.8 Å². The first-order valence-corrected chi connectivity index (χ1v) is 14.7. The molecule has 3 aromatic carbocycles. The van der Waals surface area contributed by atoms with Gasteiger partial charge in [-0.3, -0.25) is 4.79 Å². The smallest absolute Gasteiger partial charge is 0.387 e. The van der Waals surface area contributed by atoms with Gasteiger partial charge in [-0.2, -0.15) is 8.78 Å². The Morgan fingerprint density at radius 3 is 2.59 bits per heavy atom. The molecular weight excluding hydrogens is 530 g/mol. The predicted molar refractivity (Wildman–Crippen MR) is 141 cm³/mol. The van der Waals surface area contributed by atoms with E-state index in [-0.39, 0.29) is 34.4 Å². The van der Waals surface area contributed by atoms with Crippen LogP contribution in [0.4, 0.5) is 13.2 Å². The molecule has 0 unspecified atom stereocenters. The summed E-state index contributed by atoms with van der Waals surface area (Å²) >= 11 is 0. The maximum absolute atomic E-state index is 15.1. The lowest BCUT2D eigenvalue weighted by Crippen LogP contribution is -2.30. The Hall–Kier alpha value is -3.78. The van der Waals surface area contributed by atoms with Crippen LogP contribution in [0.25, 0.3) is 22.2 Å². The summed E-state index contributed by atoms with van der Waals surface area (Å²) in [6.45, 7) is -3.10. The lowest BCUT2D eigenvalue weighted by atomic mass is 9.97. The predicted octanol–water partition coefficient (Wildman–Crippen LogP) is 5.82. The number of methoxy groups -OCH3 is 1. The van der Waals surface area contributed by atoms with Crippen molar-refractivity contribution in [2.75, 3.05) is 27.4 Å². The van der Waals surface area contributed by atoms with Gasteiger partial charge in [-0.05, 0) is 55.3 Å². The highest BCUT2D eigenvalue weighted by Crippen LogP contribution is 2.50. The van der Waals surface area contributed by atoms with Gasteiger partial charge in [0.05, 0.1) is 35.5 Å². The first-order chi connectivity index (χ1) is 19.7. The van der Waals surface area contributed by atoms with Crippen LogP contribution in [0.1, 0.15) is 44.4 Å². The number of benzene rings is 3. The molecule has 1 aromatic heterocycles. The highest BCUT2D eigenvalue weighted by atomic mass is 31.2. The molecule has 0 aliphatic carbocycles. The number of aromatic nitrogens is 2. The van der Waals surface area contributed by atoms with Gasteiger partial charge in [0.25, 0.3) is 5.91 Å². The number of rotatable bonds is 5. The number of ether oxygens (including phenoxy) is 2. The number of hydrogen-bond donors (Lipinski definition) is 0. The van der Waals surface area contributed by atoms with Gasteiger partial charge in [-0.1, -0.05) is 12.1 Å². The zero-order valence-corrected chi connectivity index (χ0v) is 22.0. The Morgan fingerprint density at radius 2 is 1.90 bits per heavy atom. The molecule has 0 saturated carbocycles. The molecule has 202 valence electrons. The molecule has 3 heterocycles. The van der Waals surface area contributed by atoms with Crippen molar-refractivity contribution in [3.63, 3.8) is 0 Å². The molecule has 4 aromatic rings. The minimum atomic E-state index is -3.18. The standard InChI is InChI=1S/C28H25F3N3O4P/c1-33-21-12-20(25-15(27(33)35)6-5-7-22(25)38-28(30)31)34-19-10-14(8-9-18(19)32-26(21)34)16-11-17(29)24(39(3,4)36)13-23(16)37-2/h5-11,13,20-21,28H,12H2,1-4H3/t20-,21-/m1/s1/i1D3. The summed E-state index contributed by atoms with van der Waals surface area (Å²) in [5.41, 5.74) is 1.95. The number of nitrogens with zero attached hydrogens (tertiary/aromatic N) is 3. The summed E-state index contributed by atoms with van der Waals surface area (Å²) in [5, 5.41) is 0.0528. The number of hydrogen-bond acceptors (Lipinski definition) is 5. The van der Waals surface area contributed by atoms with Crippen molar-refractivity contribution in [2.24, 2.45) is 0 Å². The van der Waals surface area contributed by atoms with Gasteiger partial charge in [0, 0.05) is 34.2 Å². The zero-order valence-electron chi connectivity index (χ0n) is 24.1. The summed E-state index contributed by atoms with van der Waals surface area (Å²) in [5.74, 6) is -1.15. The van der Waals surface area contributed by atoms with Gasteiger partial charge in [0.2, 0.25) is 0 Å². The number of halogens is 3. The van der Waals surface area contributed by atoms with Crippen molar-refractivity contribution >= 4 is 29.4 Å². The molecule has 2 bridgehead atoms. The van der Waals surface area contributed by atoms with Crippen molar-refractivity contribution in [3.8, 4) is 22.6 Å². The van der Waals surface area contributed by atoms with Crippen LogP contribution in [-0.2, 0) is 4.57 Å². The molecular formula is C28H25F3N3O4P. The molecule has 0 saturated heterocycles. The van der Waals surface area contributed by atoms with E-state index in [1.54, 1.807) is 22.8 Å². The Kier molecular flexibility index (Phi) is 5.03. The van der Waals surface area contributed by atoms with Crippen LogP contribution in [0.3, 0.4) is 0 Å². The molecule has 11 heteroatoms. The van der Waals surface area contributed by atoms with Gasteiger partial charge in [-0.25, -0.2) is 9.37 Å². The van der Waals surface area contributed by atoms with E-state index in [4.69, 9.17) is 13.6 Å². The fraction of sp³-hybridized carbons (Fsp3) is 0.286. The van der Waals surface area contributed by atoms with Crippen molar-refractivity contribution in [1.29, 1.82) is 0 Å². The summed E-state index contributed by atoms with van der Waals surface area (Å²) in [6.07, 6.45) is 0.0676. The lowest BCUT2D eigenvalue weighted by Gasteiger charge is -2.24. The summed E-state index contributed by atoms with van der Waals surface area (Å²) in [6, 6.07) is 10.1. The number of imidazole rings is 1. The van der Waals surface area contributed by atoms with Crippen molar-refractivity contribution in [1.82, 2.24) is 14.5 Å². The topological polar surface area (TPSA) is 73.7 Å². The van der Waals surface area contributed by atoms with Gasteiger partial charge in [0.1, 0.15) is 30.3 Å². The normalized spacial score (nSPS) is 19.8. The number of carbonyl (C=O) groups excluding carboxylic acids is 1. The second-order valence-corrected chi connectivity index (χ2v) is 13.1. The molecule has 0 spiro atoms. The lowest BCUT2D eigenvalue weighted by molar-refractivity contribution is -0.0507. The minimum absolute atomic E-state index is 0.0525. The Bertz CT molecular complexity index is 1820. The second kappa shape index (κ2) is 8.88. The fourth-order valence-electron chi connectivity index (χ4n) is 5.63. The number of carbonyl (C=O) groups is 1. The molecule has 2 aliphatic heterocycles. The SMILES string of the molecule is [2H]C([2H])([2H])N1C(=O)c2cccc(OC(F)F)c2[C@H]2C[C@@H]1c1nc3ccc(-c4cc(F)c(P(C)(C)=O)cc4OC)cc3n12. The van der Waals surface area contributed by atoms with E-state index in [0.29, 0.717) is 27.9 Å². The molecule has 2 aliphatic rings. The number of fused-ring (bicyclic) bond motifs is 9. The van der Waals surface area contributed by atoms with E-state index in [1.807, 2.05) is 0 Å². The van der Waals surface area contributed by atoms with Gasteiger partial charge < -0.3 is 23.5 Å². The Balaban J connectivity index is 1.60. The molecule has 0 fully saturated rings. The second-order valence-electron chi connectivity index (χ2n) is 9.94. The largest absolute Gasteiger partial charge is 0.496 e. The van der Waals surface area contributed by atoms with Crippen molar-refractivity contribution < 1.29 is 36.1 Å². The number of amides is 1. The molecule has 0 radical (unpaired) electrons. The van der Waals surface area contributed by atoms with Crippen LogP contribution in [0, 0.1) is 5.82 Å². The van der Waals surface area contributed by atoms with E-state index >= 15 is 4.39 Å². The molecule has 2 atom stereocenters. The average molecular weight is 559 g/mol. The molecule has 39 heavy (non-hydrogen) atoms. The maximum Gasteiger partial charge on any atom is 0.387 e. The maximum atomic E-state index is 15.1. The van der Waals surface area contributed by atoms with Crippen LogP contribution in [-0.4, -0.2) is 54.4 Å². The quantitative estimate of drug-likeness (QED) is 0.289. The Labute approximate surface area is 226 Å². The first kappa shape index (κ1) is 22.1. The Morgan fingerprint density at radius 1 is 1.10 bits per heavy atom. The van der Waals surface area contributed by atoms with Gasteiger partial charge in [0.15, 0.2) is 0 Å². The molecule has 6 rings (SSSR count). The van der Waals surface area contributed by atoms with Crippen LogP contribution >= 0.6 is 7.14 Å². The van der Waals surface area contributed by atoms with Crippen molar-refractivity contribution in [3.05, 3.63) is 71.3 Å².